The lowest BCUT2D eigenvalue weighted by atomic mass is 9.73. The van der Waals surface area contributed by atoms with Crippen molar-refractivity contribution in [3.63, 3.8) is 0 Å². The number of ketones is 1. The fourth-order valence-electron chi connectivity index (χ4n) is 4.35. The van der Waals surface area contributed by atoms with Crippen LogP contribution < -0.4 is 10.1 Å². The van der Waals surface area contributed by atoms with Crippen LogP contribution in [-0.4, -0.2) is 18.3 Å². The molecular formula is C25H25Cl2NO3. The molecule has 1 heterocycles. The van der Waals surface area contributed by atoms with Gasteiger partial charge in [-0.2, -0.15) is 0 Å². The maximum atomic E-state index is 13.2. The van der Waals surface area contributed by atoms with E-state index in [4.69, 9.17) is 27.9 Å². The number of carbonyl (C=O) groups is 2. The smallest absolute Gasteiger partial charge is 0.225 e. The van der Waals surface area contributed by atoms with Gasteiger partial charge in [-0.05, 0) is 47.6 Å². The Morgan fingerprint density at radius 3 is 2.48 bits per heavy atom. The molecule has 1 amide bonds. The first-order valence-corrected chi connectivity index (χ1v) is 11.3. The van der Waals surface area contributed by atoms with Crippen LogP contribution in [0, 0.1) is 5.92 Å². The van der Waals surface area contributed by atoms with Crippen molar-refractivity contribution in [2.45, 2.75) is 44.9 Å². The van der Waals surface area contributed by atoms with Gasteiger partial charge in [0, 0.05) is 30.0 Å². The van der Waals surface area contributed by atoms with Crippen LogP contribution in [0.1, 0.15) is 56.1 Å². The summed E-state index contributed by atoms with van der Waals surface area (Å²) in [6.07, 6.45) is 1.19. The number of amides is 1. The highest BCUT2D eigenvalue weighted by Gasteiger charge is 2.39. The fraction of sp³-hybridized carbons (Fsp3) is 0.360. The standard InChI is InChI=1S/C25H25Cl2NO3/c1-14(2)13-31-17-8-6-15(7-9-17)16-10-21-24(22(29)11-16)19(12-23(30)28-21)18-4-3-5-20(26)25(18)27/h3-9,14,16,19H,10-13H2,1-2H3,(H,28,30). The molecule has 0 fully saturated rings. The zero-order valence-corrected chi connectivity index (χ0v) is 19.1. The summed E-state index contributed by atoms with van der Waals surface area (Å²) >= 11 is 12.6. The van der Waals surface area contributed by atoms with Gasteiger partial charge in [-0.25, -0.2) is 0 Å². The van der Waals surface area contributed by atoms with Crippen LogP contribution >= 0.6 is 23.2 Å². The Hall–Kier alpha value is -2.30. The van der Waals surface area contributed by atoms with Gasteiger partial charge < -0.3 is 10.1 Å². The zero-order chi connectivity index (χ0) is 22.1. The highest BCUT2D eigenvalue weighted by Crippen LogP contribution is 2.45. The second kappa shape index (κ2) is 9.05. The number of rotatable bonds is 5. The monoisotopic (exact) mass is 457 g/mol. The van der Waals surface area contributed by atoms with Gasteiger partial charge in [-0.15, -0.1) is 0 Å². The normalized spacial score (nSPS) is 21.2. The van der Waals surface area contributed by atoms with Gasteiger partial charge in [0.05, 0.1) is 16.7 Å². The summed E-state index contributed by atoms with van der Waals surface area (Å²) in [5, 5.41) is 3.77. The van der Waals surface area contributed by atoms with Crippen LogP contribution in [0.4, 0.5) is 0 Å². The number of halogens is 2. The van der Waals surface area contributed by atoms with Crippen LogP contribution in [0.15, 0.2) is 53.7 Å². The van der Waals surface area contributed by atoms with Gasteiger partial charge in [-0.3, -0.25) is 9.59 Å². The highest BCUT2D eigenvalue weighted by molar-refractivity contribution is 6.42. The third-order valence-electron chi connectivity index (χ3n) is 5.83. The summed E-state index contributed by atoms with van der Waals surface area (Å²) in [7, 11) is 0. The number of nitrogens with one attached hydrogen (secondary N) is 1. The molecule has 0 bridgehead atoms. The lowest BCUT2D eigenvalue weighted by Crippen LogP contribution is -2.38. The first-order chi connectivity index (χ1) is 14.8. The average molecular weight is 458 g/mol. The van der Waals surface area contributed by atoms with Crippen molar-refractivity contribution in [2.24, 2.45) is 5.92 Å². The third kappa shape index (κ3) is 4.65. The van der Waals surface area contributed by atoms with E-state index in [2.05, 4.69) is 19.2 Å². The van der Waals surface area contributed by atoms with Crippen molar-refractivity contribution < 1.29 is 14.3 Å². The van der Waals surface area contributed by atoms with E-state index in [0.29, 0.717) is 46.7 Å². The Morgan fingerprint density at radius 2 is 1.77 bits per heavy atom. The zero-order valence-electron chi connectivity index (χ0n) is 17.6. The summed E-state index contributed by atoms with van der Waals surface area (Å²) in [5.74, 6) is 0.866. The van der Waals surface area contributed by atoms with Gasteiger partial charge in [0.1, 0.15) is 5.75 Å². The van der Waals surface area contributed by atoms with Gasteiger partial charge in [-0.1, -0.05) is 61.3 Å². The lowest BCUT2D eigenvalue weighted by molar-refractivity contribution is -0.122. The van der Waals surface area contributed by atoms with Gasteiger partial charge >= 0.3 is 0 Å². The molecule has 1 aliphatic heterocycles. The Bertz CT molecular complexity index is 1040. The van der Waals surface area contributed by atoms with E-state index in [0.717, 1.165) is 16.9 Å². The van der Waals surface area contributed by atoms with E-state index >= 15 is 0 Å². The molecule has 4 rings (SSSR count). The first-order valence-electron chi connectivity index (χ1n) is 10.6. The lowest BCUT2D eigenvalue weighted by Gasteiger charge is -2.35. The van der Waals surface area contributed by atoms with Crippen molar-refractivity contribution in [3.8, 4) is 5.75 Å². The van der Waals surface area contributed by atoms with E-state index in [1.807, 2.05) is 30.3 Å². The summed E-state index contributed by atoms with van der Waals surface area (Å²) in [5.41, 5.74) is 3.17. The van der Waals surface area contributed by atoms with Crippen LogP contribution in [0.2, 0.25) is 10.0 Å². The van der Waals surface area contributed by atoms with Gasteiger partial charge in [0.2, 0.25) is 5.91 Å². The second-order valence-corrected chi connectivity index (χ2v) is 9.43. The SMILES string of the molecule is CC(C)COc1ccc(C2CC(=O)C3=C(C2)NC(=O)CC3c2cccc(Cl)c2Cl)cc1. The maximum Gasteiger partial charge on any atom is 0.225 e. The molecule has 2 aliphatic rings. The topological polar surface area (TPSA) is 55.4 Å². The van der Waals surface area contributed by atoms with E-state index in [9.17, 15) is 9.59 Å². The number of benzene rings is 2. The van der Waals surface area contributed by atoms with Gasteiger partial charge in [0.15, 0.2) is 5.78 Å². The number of ether oxygens (including phenoxy) is 1. The van der Waals surface area contributed by atoms with Crippen LogP contribution in [0.3, 0.4) is 0 Å². The largest absolute Gasteiger partial charge is 0.493 e. The van der Waals surface area contributed by atoms with Crippen molar-refractivity contribution in [3.05, 3.63) is 74.9 Å². The number of hydrogen-bond acceptors (Lipinski definition) is 3. The highest BCUT2D eigenvalue weighted by atomic mass is 35.5. The minimum atomic E-state index is -0.366. The molecule has 0 saturated carbocycles. The molecule has 6 heteroatoms. The van der Waals surface area contributed by atoms with E-state index in [1.165, 1.54) is 0 Å². The molecule has 4 nitrogen and oxygen atoms in total. The van der Waals surface area contributed by atoms with E-state index in [1.54, 1.807) is 12.1 Å². The average Bonchev–Trinajstić information content (AvgIpc) is 2.73. The molecule has 2 unspecified atom stereocenters. The molecular weight excluding hydrogens is 433 g/mol. The molecule has 162 valence electrons. The van der Waals surface area contributed by atoms with Crippen molar-refractivity contribution in [1.29, 1.82) is 0 Å². The summed E-state index contributed by atoms with van der Waals surface area (Å²) in [6, 6.07) is 13.3. The molecule has 31 heavy (non-hydrogen) atoms. The molecule has 0 aromatic heterocycles. The Balaban J connectivity index is 1.61. The number of hydrogen-bond donors (Lipinski definition) is 1. The summed E-state index contributed by atoms with van der Waals surface area (Å²) in [6.45, 7) is 4.88. The van der Waals surface area contributed by atoms with Gasteiger partial charge in [0.25, 0.3) is 0 Å². The van der Waals surface area contributed by atoms with Crippen molar-refractivity contribution in [2.75, 3.05) is 6.61 Å². The van der Waals surface area contributed by atoms with Crippen molar-refractivity contribution in [1.82, 2.24) is 5.32 Å². The molecule has 1 N–H and O–H groups in total. The predicted octanol–water partition coefficient (Wildman–Crippen LogP) is 6.03. The molecule has 2 aromatic carbocycles. The number of allylic oxidation sites excluding steroid dienone is 2. The van der Waals surface area contributed by atoms with Crippen molar-refractivity contribution >= 4 is 34.9 Å². The molecule has 0 radical (unpaired) electrons. The van der Waals surface area contributed by atoms with Crippen LogP contribution in [0.5, 0.6) is 5.75 Å². The molecule has 2 atom stereocenters. The first kappa shape index (κ1) is 21.9. The number of carbonyl (C=O) groups excluding carboxylic acids is 2. The Labute approximate surface area is 192 Å². The molecule has 0 saturated heterocycles. The fourth-order valence-corrected chi connectivity index (χ4v) is 4.79. The number of Topliss-reactive ketones (excluding diaryl/α,β-unsaturated/α-hetero) is 1. The Morgan fingerprint density at radius 1 is 1.03 bits per heavy atom. The molecule has 1 aliphatic carbocycles. The van der Waals surface area contributed by atoms with E-state index in [-0.39, 0.29) is 29.9 Å². The minimum absolute atomic E-state index is 0.0132. The third-order valence-corrected chi connectivity index (χ3v) is 6.66. The quantitative estimate of drug-likeness (QED) is 0.595. The van der Waals surface area contributed by atoms with Crippen LogP contribution in [-0.2, 0) is 9.59 Å². The Kier molecular flexibility index (Phi) is 6.40. The maximum absolute atomic E-state index is 13.2. The van der Waals surface area contributed by atoms with Crippen LogP contribution in [0.25, 0.3) is 0 Å². The second-order valence-electron chi connectivity index (χ2n) is 8.64. The minimum Gasteiger partial charge on any atom is -0.493 e. The summed E-state index contributed by atoms with van der Waals surface area (Å²) < 4.78 is 5.76. The summed E-state index contributed by atoms with van der Waals surface area (Å²) in [4.78, 5) is 25.7. The molecule has 2 aromatic rings. The van der Waals surface area contributed by atoms with E-state index < -0.39 is 0 Å². The predicted molar refractivity (Wildman–Crippen MR) is 123 cm³/mol. The molecule has 0 spiro atoms.